The number of nitrogens with one attached hydrogen (secondary N) is 1. The molecular formula is C14H15ClFN3. The van der Waals surface area contributed by atoms with Crippen LogP contribution >= 0.6 is 11.6 Å². The zero-order valence-corrected chi connectivity index (χ0v) is 11.3. The van der Waals surface area contributed by atoms with Crippen LogP contribution in [0.3, 0.4) is 0 Å². The molecular weight excluding hydrogens is 265 g/mol. The molecule has 0 aliphatic rings. The van der Waals surface area contributed by atoms with Crippen LogP contribution in [-0.2, 0) is 6.54 Å². The normalized spacial score (nSPS) is 10.5. The van der Waals surface area contributed by atoms with Gasteiger partial charge in [-0.05, 0) is 18.6 Å². The van der Waals surface area contributed by atoms with E-state index in [0.717, 1.165) is 11.1 Å². The molecule has 2 rings (SSSR count). The first kappa shape index (κ1) is 13.5. The highest BCUT2D eigenvalue weighted by molar-refractivity contribution is 6.33. The van der Waals surface area contributed by atoms with Crippen LogP contribution in [0, 0.1) is 12.7 Å². The first-order valence-corrected chi connectivity index (χ1v) is 6.19. The first-order valence-electron chi connectivity index (χ1n) is 5.81. The van der Waals surface area contributed by atoms with Crippen LogP contribution in [0.25, 0.3) is 0 Å². The van der Waals surface area contributed by atoms with E-state index in [1.54, 1.807) is 0 Å². The zero-order chi connectivity index (χ0) is 14.0. The summed E-state index contributed by atoms with van der Waals surface area (Å²) in [5.74, 6) is -0.619. The molecule has 0 fully saturated rings. The van der Waals surface area contributed by atoms with Crippen LogP contribution in [0.4, 0.5) is 21.5 Å². The van der Waals surface area contributed by atoms with Gasteiger partial charge in [0.2, 0.25) is 0 Å². The summed E-state index contributed by atoms with van der Waals surface area (Å²) in [5.41, 5.74) is 14.0. The highest BCUT2D eigenvalue weighted by Crippen LogP contribution is 2.33. The van der Waals surface area contributed by atoms with Gasteiger partial charge in [-0.3, -0.25) is 0 Å². The minimum absolute atomic E-state index is 0.110. The summed E-state index contributed by atoms with van der Waals surface area (Å²) in [7, 11) is 0. The summed E-state index contributed by atoms with van der Waals surface area (Å²) in [6.45, 7) is 2.46. The molecule has 0 aliphatic carbocycles. The van der Waals surface area contributed by atoms with Gasteiger partial charge in [-0.2, -0.15) is 0 Å². The van der Waals surface area contributed by atoms with Gasteiger partial charge in [0.25, 0.3) is 0 Å². The lowest BCUT2D eigenvalue weighted by atomic mass is 10.1. The predicted molar refractivity (Wildman–Crippen MR) is 78.7 cm³/mol. The van der Waals surface area contributed by atoms with Crippen molar-refractivity contribution in [1.82, 2.24) is 0 Å². The van der Waals surface area contributed by atoms with E-state index in [1.165, 1.54) is 6.07 Å². The molecule has 0 radical (unpaired) electrons. The van der Waals surface area contributed by atoms with Crippen LogP contribution in [-0.4, -0.2) is 0 Å². The second kappa shape index (κ2) is 5.36. The number of nitrogens with two attached hydrogens (primary N) is 2. The molecule has 0 bridgehead atoms. The van der Waals surface area contributed by atoms with Gasteiger partial charge in [-0.25, -0.2) is 4.39 Å². The van der Waals surface area contributed by atoms with Crippen molar-refractivity contribution in [2.75, 3.05) is 16.8 Å². The third-order valence-electron chi connectivity index (χ3n) is 2.82. The average molecular weight is 280 g/mol. The lowest BCUT2D eigenvalue weighted by molar-refractivity contribution is 0.632. The molecule has 19 heavy (non-hydrogen) atoms. The van der Waals surface area contributed by atoms with Gasteiger partial charge in [0, 0.05) is 6.54 Å². The second-order valence-corrected chi connectivity index (χ2v) is 4.78. The van der Waals surface area contributed by atoms with E-state index in [0.29, 0.717) is 6.54 Å². The Morgan fingerprint density at radius 3 is 2.63 bits per heavy atom. The summed E-state index contributed by atoms with van der Waals surface area (Å²) in [4.78, 5) is 0. The standard InChI is InChI=1S/C14H15ClFN3/c1-8-3-2-4-9(5-8)7-19-14-11(18)6-10(17)12(15)13(14)16/h2-6,19H,7,17-18H2,1H3. The molecule has 5 heteroatoms. The van der Waals surface area contributed by atoms with Crippen molar-refractivity contribution in [2.24, 2.45) is 0 Å². The van der Waals surface area contributed by atoms with E-state index >= 15 is 0 Å². The van der Waals surface area contributed by atoms with Crippen molar-refractivity contribution in [1.29, 1.82) is 0 Å². The molecule has 2 aromatic rings. The Kier molecular flexibility index (Phi) is 3.81. The maximum absolute atomic E-state index is 14.0. The minimum atomic E-state index is -0.619. The number of hydrogen-bond acceptors (Lipinski definition) is 3. The van der Waals surface area contributed by atoms with Crippen LogP contribution in [0.5, 0.6) is 0 Å². The summed E-state index contributed by atoms with van der Waals surface area (Å²) in [6, 6.07) is 9.36. The number of hydrogen-bond donors (Lipinski definition) is 3. The van der Waals surface area contributed by atoms with Gasteiger partial charge in [-0.1, -0.05) is 41.4 Å². The van der Waals surface area contributed by atoms with Crippen molar-refractivity contribution in [3.8, 4) is 0 Å². The molecule has 3 nitrogen and oxygen atoms in total. The molecule has 0 unspecified atom stereocenters. The van der Waals surface area contributed by atoms with E-state index < -0.39 is 5.82 Å². The van der Waals surface area contributed by atoms with Crippen molar-refractivity contribution in [2.45, 2.75) is 13.5 Å². The number of nitrogen functional groups attached to an aromatic ring is 2. The van der Waals surface area contributed by atoms with Gasteiger partial charge < -0.3 is 16.8 Å². The Balaban J connectivity index is 2.23. The molecule has 0 amide bonds. The Morgan fingerprint density at radius 1 is 1.21 bits per heavy atom. The number of halogens is 2. The minimum Gasteiger partial charge on any atom is -0.397 e. The second-order valence-electron chi connectivity index (χ2n) is 4.40. The van der Waals surface area contributed by atoms with Crippen molar-refractivity contribution >= 4 is 28.7 Å². The maximum atomic E-state index is 14.0. The van der Waals surface area contributed by atoms with E-state index in [1.807, 2.05) is 31.2 Å². The molecule has 100 valence electrons. The number of aryl methyl sites for hydroxylation is 1. The van der Waals surface area contributed by atoms with Crippen LogP contribution < -0.4 is 16.8 Å². The van der Waals surface area contributed by atoms with E-state index in [9.17, 15) is 4.39 Å². The van der Waals surface area contributed by atoms with Gasteiger partial charge in [0.05, 0.1) is 17.1 Å². The van der Waals surface area contributed by atoms with Gasteiger partial charge in [-0.15, -0.1) is 0 Å². The Hall–Kier alpha value is -1.94. The average Bonchev–Trinajstić information content (AvgIpc) is 2.36. The largest absolute Gasteiger partial charge is 0.397 e. The molecule has 0 aliphatic heterocycles. The lowest BCUT2D eigenvalue weighted by Crippen LogP contribution is -2.06. The van der Waals surface area contributed by atoms with Crippen LogP contribution in [0.15, 0.2) is 30.3 Å². The molecule has 0 spiro atoms. The van der Waals surface area contributed by atoms with E-state index in [-0.39, 0.29) is 22.1 Å². The van der Waals surface area contributed by atoms with Crippen molar-refractivity contribution in [3.05, 3.63) is 52.3 Å². The molecule has 0 aromatic heterocycles. The number of anilines is 3. The van der Waals surface area contributed by atoms with Crippen molar-refractivity contribution < 1.29 is 4.39 Å². The molecule has 0 saturated heterocycles. The summed E-state index contributed by atoms with van der Waals surface area (Å²) < 4.78 is 14.0. The Labute approximate surface area is 116 Å². The van der Waals surface area contributed by atoms with Crippen LogP contribution in [0.1, 0.15) is 11.1 Å². The summed E-state index contributed by atoms with van der Waals surface area (Å²) >= 11 is 5.77. The van der Waals surface area contributed by atoms with Crippen LogP contribution in [0.2, 0.25) is 5.02 Å². The smallest absolute Gasteiger partial charge is 0.169 e. The molecule has 5 N–H and O–H groups in total. The Morgan fingerprint density at radius 2 is 1.95 bits per heavy atom. The Bertz CT molecular complexity index is 614. The maximum Gasteiger partial charge on any atom is 0.169 e. The fourth-order valence-corrected chi connectivity index (χ4v) is 2.01. The zero-order valence-electron chi connectivity index (χ0n) is 10.5. The molecule has 2 aromatic carbocycles. The number of benzene rings is 2. The topological polar surface area (TPSA) is 64.1 Å². The number of rotatable bonds is 3. The fourth-order valence-electron chi connectivity index (χ4n) is 1.86. The van der Waals surface area contributed by atoms with Crippen molar-refractivity contribution in [3.63, 3.8) is 0 Å². The summed E-state index contributed by atoms with van der Waals surface area (Å²) in [5, 5.41) is 2.84. The quantitative estimate of drug-likeness (QED) is 0.753. The van der Waals surface area contributed by atoms with E-state index in [4.69, 9.17) is 23.1 Å². The molecule has 0 saturated carbocycles. The third kappa shape index (κ3) is 2.90. The summed E-state index contributed by atoms with van der Waals surface area (Å²) in [6.07, 6.45) is 0. The molecule has 0 heterocycles. The third-order valence-corrected chi connectivity index (χ3v) is 3.20. The lowest BCUT2D eigenvalue weighted by Gasteiger charge is -2.13. The molecule has 0 atom stereocenters. The van der Waals surface area contributed by atoms with Gasteiger partial charge in [0.15, 0.2) is 5.82 Å². The van der Waals surface area contributed by atoms with Gasteiger partial charge in [0.1, 0.15) is 5.02 Å². The predicted octanol–water partition coefficient (Wildman–Crippen LogP) is 3.56. The highest BCUT2D eigenvalue weighted by atomic mass is 35.5. The van der Waals surface area contributed by atoms with Gasteiger partial charge >= 0.3 is 0 Å². The first-order chi connectivity index (χ1) is 8.99. The highest BCUT2D eigenvalue weighted by Gasteiger charge is 2.13. The fraction of sp³-hybridized carbons (Fsp3) is 0.143. The monoisotopic (exact) mass is 279 g/mol. The van der Waals surface area contributed by atoms with E-state index in [2.05, 4.69) is 5.32 Å². The SMILES string of the molecule is Cc1cccc(CNc2c(N)cc(N)c(Cl)c2F)c1.